The number of rotatable bonds is 23. The van der Waals surface area contributed by atoms with Crippen molar-refractivity contribution in [2.75, 3.05) is 20.5 Å². The van der Waals surface area contributed by atoms with Gasteiger partial charge in [0, 0.05) is 26.6 Å². The molecule has 0 aliphatic carbocycles. The molecule has 0 unspecified atom stereocenters. The number of ketones is 1. The van der Waals surface area contributed by atoms with Crippen molar-refractivity contribution in [2.45, 2.75) is 117 Å². The second-order valence-electron chi connectivity index (χ2n) is 14.6. The van der Waals surface area contributed by atoms with Crippen LogP contribution in [0, 0.1) is 23.7 Å². The number of aliphatic hydroxyl groups excluding tert-OH is 1. The molecule has 0 bridgehead atoms. The maximum Gasteiger partial charge on any atom is 0.261 e. The number of allylic oxidation sites excluding steroid dienone is 1. The van der Waals surface area contributed by atoms with Gasteiger partial charge < -0.3 is 19.0 Å². The van der Waals surface area contributed by atoms with Crippen molar-refractivity contribution < 1.29 is 23.8 Å². The van der Waals surface area contributed by atoms with Crippen molar-refractivity contribution >= 4 is 24.5 Å². The molecule has 6 atom stereocenters. The molecule has 46 heavy (non-hydrogen) atoms. The molecule has 0 spiro atoms. The van der Waals surface area contributed by atoms with Crippen LogP contribution < -0.4 is 10.4 Å². The Bertz CT molecular complexity index is 1080. The quantitative estimate of drug-likeness (QED) is 0.0566. The van der Waals surface area contributed by atoms with Crippen LogP contribution in [0.25, 0.3) is 0 Å². The van der Waals surface area contributed by atoms with Gasteiger partial charge in [-0.1, -0.05) is 115 Å². The SMILES string of the molecule is C=C[C@@H](C)CC[C@H](O)[C@H](C)CCC(=O)CC[C@H](C)[C@@H](OCOC)[C@H](C)CCCO[Si](c1ccccc1)(c1ccccc1)C(C)(C)C. The first kappa shape index (κ1) is 40.1. The molecule has 0 saturated carbocycles. The van der Waals surface area contributed by atoms with E-state index in [9.17, 15) is 9.90 Å². The number of methoxy groups -OCH3 is 1. The van der Waals surface area contributed by atoms with Crippen LogP contribution in [0.4, 0.5) is 0 Å². The fraction of sp³-hybridized carbons (Fsp3) is 0.625. The van der Waals surface area contributed by atoms with Gasteiger partial charge in [0.15, 0.2) is 0 Å². The molecule has 0 aliphatic heterocycles. The van der Waals surface area contributed by atoms with Crippen molar-refractivity contribution in [3.05, 3.63) is 73.3 Å². The fourth-order valence-corrected chi connectivity index (χ4v) is 11.3. The van der Waals surface area contributed by atoms with Gasteiger partial charge in [0.25, 0.3) is 8.32 Å². The molecule has 2 aromatic rings. The molecule has 0 saturated heterocycles. The lowest BCUT2D eigenvalue weighted by molar-refractivity contribution is -0.122. The Kier molecular flexibility index (Phi) is 17.7. The van der Waals surface area contributed by atoms with Crippen LogP contribution in [0.2, 0.25) is 5.04 Å². The Morgan fingerprint density at radius 1 is 0.826 bits per heavy atom. The van der Waals surface area contributed by atoms with Gasteiger partial charge in [-0.25, -0.2) is 0 Å². The summed E-state index contributed by atoms with van der Waals surface area (Å²) in [6, 6.07) is 21.6. The number of benzene rings is 2. The Hall–Kier alpha value is -2.09. The van der Waals surface area contributed by atoms with Gasteiger partial charge in [0.1, 0.15) is 12.6 Å². The van der Waals surface area contributed by atoms with Crippen molar-refractivity contribution in [2.24, 2.45) is 23.7 Å². The molecular weight excluding hydrogens is 589 g/mol. The first-order chi connectivity index (χ1) is 21.9. The Morgan fingerprint density at radius 2 is 1.35 bits per heavy atom. The van der Waals surface area contributed by atoms with E-state index in [1.807, 2.05) is 13.0 Å². The summed E-state index contributed by atoms with van der Waals surface area (Å²) in [5.74, 6) is 1.28. The van der Waals surface area contributed by atoms with E-state index < -0.39 is 8.32 Å². The number of carbonyl (C=O) groups excluding carboxylic acids is 1. The molecule has 0 heterocycles. The van der Waals surface area contributed by atoms with E-state index in [1.54, 1.807) is 7.11 Å². The predicted molar refractivity (Wildman–Crippen MR) is 195 cm³/mol. The summed E-state index contributed by atoms with van der Waals surface area (Å²) in [7, 11) is -0.906. The lowest BCUT2D eigenvalue weighted by atomic mass is 9.86. The van der Waals surface area contributed by atoms with E-state index in [0.29, 0.717) is 25.4 Å². The third kappa shape index (κ3) is 12.2. The van der Waals surface area contributed by atoms with Crippen LogP contribution in [-0.4, -0.2) is 51.9 Å². The maximum absolute atomic E-state index is 12.8. The van der Waals surface area contributed by atoms with Crippen molar-refractivity contribution in [1.82, 2.24) is 0 Å². The monoisotopic (exact) mass is 652 g/mol. The van der Waals surface area contributed by atoms with Gasteiger partial charge in [0.2, 0.25) is 0 Å². The molecule has 258 valence electrons. The molecule has 0 radical (unpaired) electrons. The number of Topliss-reactive ketones (excluding diaryl/α,β-unsaturated/α-hetero) is 1. The Labute approximate surface area is 282 Å². The van der Waals surface area contributed by atoms with Crippen LogP contribution in [0.15, 0.2) is 73.3 Å². The first-order valence-corrected chi connectivity index (χ1v) is 19.5. The van der Waals surface area contributed by atoms with Gasteiger partial charge in [-0.3, -0.25) is 4.79 Å². The summed E-state index contributed by atoms with van der Waals surface area (Å²) in [6.07, 6.45) is 7.67. The molecular formula is C40H64O5Si. The third-order valence-electron chi connectivity index (χ3n) is 9.77. The van der Waals surface area contributed by atoms with Gasteiger partial charge in [0.05, 0.1) is 12.2 Å². The van der Waals surface area contributed by atoms with Crippen LogP contribution >= 0.6 is 0 Å². The highest BCUT2D eigenvalue weighted by molar-refractivity contribution is 6.99. The smallest absolute Gasteiger partial charge is 0.261 e. The van der Waals surface area contributed by atoms with E-state index in [4.69, 9.17) is 13.9 Å². The maximum atomic E-state index is 12.8. The fourth-order valence-electron chi connectivity index (χ4n) is 6.69. The second kappa shape index (κ2) is 20.3. The summed E-state index contributed by atoms with van der Waals surface area (Å²) < 4.78 is 18.6. The topological polar surface area (TPSA) is 65.0 Å². The molecule has 0 aliphatic rings. The van der Waals surface area contributed by atoms with E-state index in [1.165, 1.54) is 10.4 Å². The lowest BCUT2D eigenvalue weighted by Gasteiger charge is -2.43. The standard InChI is InChI=1S/C40H64O5Si/c1-10-31(2)23-28-38(42)32(3)24-26-35(41)27-25-34(5)39(44-30-43-9)33(4)18-17-29-45-46(40(6,7)8,36-19-13-11-14-20-36)37-21-15-12-16-22-37/h10-16,19-22,31-34,38-39,42H,1,17-18,23-30H2,2-9H3/t31-,32-,33-,34+,38+,39+/m1/s1. The minimum Gasteiger partial charge on any atom is -0.407 e. The van der Waals surface area contributed by atoms with Crippen LogP contribution in [-0.2, 0) is 18.7 Å². The molecule has 2 aromatic carbocycles. The van der Waals surface area contributed by atoms with Gasteiger partial charge in [-0.2, -0.15) is 0 Å². The van der Waals surface area contributed by atoms with E-state index in [2.05, 4.69) is 109 Å². The highest BCUT2D eigenvalue weighted by Gasteiger charge is 2.50. The van der Waals surface area contributed by atoms with E-state index >= 15 is 0 Å². The van der Waals surface area contributed by atoms with E-state index in [-0.39, 0.29) is 47.6 Å². The van der Waals surface area contributed by atoms with Crippen molar-refractivity contribution in [3.8, 4) is 0 Å². The van der Waals surface area contributed by atoms with E-state index in [0.717, 1.165) is 38.5 Å². The zero-order chi connectivity index (χ0) is 34.2. The number of aliphatic hydroxyl groups is 1. The van der Waals surface area contributed by atoms with Gasteiger partial charge >= 0.3 is 0 Å². The lowest BCUT2D eigenvalue weighted by Crippen LogP contribution is -2.66. The summed E-state index contributed by atoms with van der Waals surface area (Å²) in [6.45, 7) is 20.3. The summed E-state index contributed by atoms with van der Waals surface area (Å²) in [5.41, 5.74) is 0. The Morgan fingerprint density at radius 3 is 1.85 bits per heavy atom. The number of hydrogen-bond donors (Lipinski definition) is 1. The molecule has 5 nitrogen and oxygen atoms in total. The van der Waals surface area contributed by atoms with Crippen molar-refractivity contribution in [3.63, 3.8) is 0 Å². The minimum atomic E-state index is -2.56. The first-order valence-electron chi connectivity index (χ1n) is 17.5. The Balaban J connectivity index is 1.97. The largest absolute Gasteiger partial charge is 0.407 e. The van der Waals surface area contributed by atoms with Crippen LogP contribution in [0.1, 0.15) is 99.8 Å². The molecule has 0 fully saturated rings. The molecule has 0 aromatic heterocycles. The number of ether oxygens (including phenoxy) is 2. The van der Waals surface area contributed by atoms with Gasteiger partial charge in [-0.15, -0.1) is 6.58 Å². The number of hydrogen-bond acceptors (Lipinski definition) is 5. The van der Waals surface area contributed by atoms with Crippen LogP contribution in [0.5, 0.6) is 0 Å². The third-order valence-corrected chi connectivity index (χ3v) is 14.8. The molecule has 0 amide bonds. The average Bonchev–Trinajstić information content (AvgIpc) is 3.05. The normalized spacial score (nSPS) is 16.3. The van der Waals surface area contributed by atoms with Gasteiger partial charge in [-0.05, 0) is 77.6 Å². The zero-order valence-corrected chi connectivity index (χ0v) is 31.2. The summed E-state index contributed by atoms with van der Waals surface area (Å²) in [5, 5.41) is 13.1. The summed E-state index contributed by atoms with van der Waals surface area (Å²) in [4.78, 5) is 12.8. The molecule has 2 rings (SSSR count). The van der Waals surface area contributed by atoms with Crippen molar-refractivity contribution in [1.29, 1.82) is 0 Å². The molecule has 1 N–H and O–H groups in total. The predicted octanol–water partition coefficient (Wildman–Crippen LogP) is 8.33. The number of carbonyl (C=O) groups is 1. The summed E-state index contributed by atoms with van der Waals surface area (Å²) >= 11 is 0. The highest BCUT2D eigenvalue weighted by Crippen LogP contribution is 2.37. The highest BCUT2D eigenvalue weighted by atomic mass is 28.4. The average molecular weight is 653 g/mol. The van der Waals surface area contributed by atoms with Crippen LogP contribution in [0.3, 0.4) is 0 Å². The second-order valence-corrected chi connectivity index (χ2v) is 18.9. The minimum absolute atomic E-state index is 0.00629. The molecule has 6 heteroatoms. The zero-order valence-electron chi connectivity index (χ0n) is 30.2.